The number of hydrogen-bond donors (Lipinski definition) is 5. The molecule has 8 heteroatoms. The van der Waals surface area contributed by atoms with Crippen molar-refractivity contribution in [2.45, 2.75) is 0 Å². The molecule has 0 amide bonds. The van der Waals surface area contributed by atoms with E-state index in [1.54, 1.807) is 30.3 Å². The fraction of sp³-hybridized carbons (Fsp3) is 0.111. The summed E-state index contributed by atoms with van der Waals surface area (Å²) in [6.07, 6.45) is 1.65. The van der Waals surface area contributed by atoms with Crippen LogP contribution in [0.2, 0.25) is 0 Å². The van der Waals surface area contributed by atoms with Crippen molar-refractivity contribution in [3.63, 3.8) is 0 Å². The normalized spacial score (nSPS) is 9.12. The molecule has 1 aromatic rings. The van der Waals surface area contributed by atoms with Gasteiger partial charge in [-0.2, -0.15) is 8.42 Å². The first-order valence-electron chi connectivity index (χ1n) is 4.26. The van der Waals surface area contributed by atoms with Gasteiger partial charge >= 0.3 is 10.4 Å². The van der Waals surface area contributed by atoms with Gasteiger partial charge in [0.25, 0.3) is 0 Å². The van der Waals surface area contributed by atoms with E-state index in [1.165, 1.54) is 0 Å². The van der Waals surface area contributed by atoms with E-state index in [9.17, 15) is 0 Å². The monoisotopic (exact) mass is 264 g/mol. The minimum absolute atomic E-state index is 0.146. The molecule has 0 aliphatic rings. The Bertz CT molecular complexity index is 390. The van der Waals surface area contributed by atoms with Crippen molar-refractivity contribution in [1.82, 2.24) is 0 Å². The lowest BCUT2D eigenvalue weighted by Crippen LogP contribution is -1.90. The van der Waals surface area contributed by atoms with E-state index in [2.05, 4.69) is 6.58 Å². The lowest BCUT2D eigenvalue weighted by molar-refractivity contribution is 0.381. The molecule has 0 saturated carbocycles. The van der Waals surface area contributed by atoms with Crippen LogP contribution in [0, 0.1) is 0 Å². The Morgan fingerprint density at radius 2 is 1.65 bits per heavy atom. The topological polar surface area (TPSA) is 147 Å². The summed E-state index contributed by atoms with van der Waals surface area (Å²) in [7, 11) is -4.67. The van der Waals surface area contributed by atoms with E-state index in [0.29, 0.717) is 12.2 Å². The van der Waals surface area contributed by atoms with Gasteiger partial charge in [0.1, 0.15) is 5.75 Å². The SMILES string of the molecule is C=CCN.Nc1ccccc1O.O=S(=O)(O)O. The van der Waals surface area contributed by atoms with Gasteiger partial charge in [0, 0.05) is 6.54 Å². The molecular formula is C9H16N2O5S. The summed E-state index contributed by atoms with van der Waals surface area (Å²) < 4.78 is 31.6. The summed E-state index contributed by atoms with van der Waals surface area (Å²) in [5, 5.41) is 8.79. The molecule has 0 heterocycles. The van der Waals surface area contributed by atoms with E-state index < -0.39 is 10.4 Å². The first-order valence-corrected chi connectivity index (χ1v) is 5.66. The zero-order chi connectivity index (χ0) is 13.9. The number of hydrogen-bond acceptors (Lipinski definition) is 5. The fourth-order valence-corrected chi connectivity index (χ4v) is 0.488. The van der Waals surface area contributed by atoms with E-state index in [-0.39, 0.29) is 5.75 Å². The predicted molar refractivity (Wildman–Crippen MR) is 65.9 cm³/mol. The Morgan fingerprint density at radius 1 is 1.29 bits per heavy atom. The third-order valence-corrected chi connectivity index (χ3v) is 1.10. The van der Waals surface area contributed by atoms with E-state index >= 15 is 0 Å². The Morgan fingerprint density at radius 3 is 1.82 bits per heavy atom. The lowest BCUT2D eigenvalue weighted by atomic mass is 10.3. The number of nitrogen functional groups attached to an aromatic ring is 1. The van der Waals surface area contributed by atoms with Crippen molar-refractivity contribution in [3.05, 3.63) is 36.9 Å². The fourth-order valence-electron chi connectivity index (χ4n) is 0.488. The summed E-state index contributed by atoms with van der Waals surface area (Å²) >= 11 is 0. The Hall–Kier alpha value is -1.61. The standard InChI is InChI=1S/C6H7NO.C3H7N.H2O4S/c7-5-3-1-2-4-6(5)8;1-2-3-4;1-5(2,3)4/h1-4,8H,7H2;2H,1,3-4H2;(H2,1,2,3,4). The van der Waals surface area contributed by atoms with Crippen LogP contribution in [-0.4, -0.2) is 29.2 Å². The molecule has 7 N–H and O–H groups in total. The van der Waals surface area contributed by atoms with Crippen LogP contribution < -0.4 is 11.5 Å². The van der Waals surface area contributed by atoms with Crippen molar-refractivity contribution in [2.75, 3.05) is 12.3 Å². The van der Waals surface area contributed by atoms with Gasteiger partial charge in [-0.1, -0.05) is 18.2 Å². The first kappa shape index (κ1) is 17.8. The zero-order valence-corrected chi connectivity index (χ0v) is 9.84. The van der Waals surface area contributed by atoms with Gasteiger partial charge < -0.3 is 16.6 Å². The first-order chi connectivity index (χ1) is 7.72. The van der Waals surface area contributed by atoms with Crippen LogP contribution in [-0.2, 0) is 10.4 Å². The van der Waals surface area contributed by atoms with Crippen molar-refractivity contribution < 1.29 is 22.6 Å². The van der Waals surface area contributed by atoms with Crippen molar-refractivity contribution >= 4 is 16.1 Å². The molecule has 0 spiro atoms. The summed E-state index contributed by atoms with van der Waals surface area (Å²) in [5.41, 5.74) is 10.6. The number of anilines is 1. The molecule has 98 valence electrons. The molecule has 0 aliphatic heterocycles. The van der Waals surface area contributed by atoms with Crippen LogP contribution >= 0.6 is 0 Å². The molecule has 1 rings (SSSR count). The van der Waals surface area contributed by atoms with Crippen LogP contribution in [0.15, 0.2) is 36.9 Å². The number of phenolic OH excluding ortho intramolecular Hbond substituents is 1. The number of nitrogens with two attached hydrogens (primary N) is 2. The van der Waals surface area contributed by atoms with Gasteiger partial charge in [-0.15, -0.1) is 6.58 Å². The van der Waals surface area contributed by atoms with Crippen LogP contribution in [0.5, 0.6) is 5.75 Å². The van der Waals surface area contributed by atoms with Gasteiger partial charge in [-0.25, -0.2) is 0 Å². The number of aromatic hydroxyl groups is 1. The predicted octanol–water partition coefficient (Wildman–Crippen LogP) is 0.453. The largest absolute Gasteiger partial charge is 0.506 e. The van der Waals surface area contributed by atoms with Gasteiger partial charge in [0.15, 0.2) is 0 Å². The van der Waals surface area contributed by atoms with Crippen LogP contribution in [0.3, 0.4) is 0 Å². The quantitative estimate of drug-likeness (QED) is 0.214. The molecule has 0 saturated heterocycles. The molecule has 0 aliphatic carbocycles. The minimum Gasteiger partial charge on any atom is -0.506 e. The Kier molecular flexibility index (Phi) is 10.0. The second-order valence-electron chi connectivity index (χ2n) is 2.53. The second-order valence-corrected chi connectivity index (χ2v) is 3.43. The maximum atomic E-state index is 8.79. The molecule has 0 fully saturated rings. The molecule has 1 aromatic carbocycles. The molecule has 7 nitrogen and oxygen atoms in total. The maximum absolute atomic E-state index is 8.79. The molecular weight excluding hydrogens is 248 g/mol. The number of rotatable bonds is 1. The summed E-state index contributed by atoms with van der Waals surface area (Å²) in [4.78, 5) is 0. The highest BCUT2D eigenvalue weighted by atomic mass is 32.3. The average molecular weight is 264 g/mol. The highest BCUT2D eigenvalue weighted by molar-refractivity contribution is 7.79. The van der Waals surface area contributed by atoms with Crippen molar-refractivity contribution in [1.29, 1.82) is 0 Å². The number of phenols is 1. The molecule has 0 aromatic heterocycles. The molecule has 0 radical (unpaired) electrons. The minimum atomic E-state index is -4.67. The van der Waals surface area contributed by atoms with Gasteiger partial charge in [0.2, 0.25) is 0 Å². The highest BCUT2D eigenvalue weighted by Gasteiger charge is 1.87. The van der Waals surface area contributed by atoms with Crippen molar-refractivity contribution in [3.8, 4) is 5.75 Å². The van der Waals surface area contributed by atoms with Crippen LogP contribution in [0.1, 0.15) is 0 Å². The zero-order valence-electron chi connectivity index (χ0n) is 9.02. The molecule has 0 unspecified atom stereocenters. The maximum Gasteiger partial charge on any atom is 0.394 e. The lowest BCUT2D eigenvalue weighted by Gasteiger charge is -1.92. The Balaban J connectivity index is 0. The van der Waals surface area contributed by atoms with E-state index in [0.717, 1.165) is 0 Å². The molecule has 17 heavy (non-hydrogen) atoms. The Labute approximate surface area is 100.0 Å². The summed E-state index contributed by atoms with van der Waals surface area (Å²) in [6, 6.07) is 6.70. The summed E-state index contributed by atoms with van der Waals surface area (Å²) in [6.45, 7) is 3.94. The number of para-hydroxylation sites is 2. The van der Waals surface area contributed by atoms with Crippen LogP contribution in [0.25, 0.3) is 0 Å². The second kappa shape index (κ2) is 9.60. The van der Waals surface area contributed by atoms with Gasteiger partial charge in [0.05, 0.1) is 5.69 Å². The smallest absolute Gasteiger partial charge is 0.394 e. The van der Waals surface area contributed by atoms with Crippen LogP contribution in [0.4, 0.5) is 5.69 Å². The van der Waals surface area contributed by atoms with E-state index in [1.807, 2.05) is 0 Å². The third-order valence-electron chi connectivity index (χ3n) is 1.10. The third kappa shape index (κ3) is 20.5. The molecule has 0 bridgehead atoms. The molecule has 0 atom stereocenters. The highest BCUT2D eigenvalue weighted by Crippen LogP contribution is 2.16. The summed E-state index contributed by atoms with van der Waals surface area (Å²) in [5.74, 6) is 0.146. The average Bonchev–Trinajstić information content (AvgIpc) is 2.20. The van der Waals surface area contributed by atoms with Gasteiger partial charge in [-0.05, 0) is 12.1 Å². The van der Waals surface area contributed by atoms with E-state index in [4.69, 9.17) is 34.1 Å². The van der Waals surface area contributed by atoms with Gasteiger partial charge in [-0.3, -0.25) is 9.11 Å². The van der Waals surface area contributed by atoms with Crippen molar-refractivity contribution in [2.24, 2.45) is 5.73 Å². The number of benzene rings is 1.